The van der Waals surface area contributed by atoms with E-state index in [1.807, 2.05) is 13.1 Å². The maximum Gasteiger partial charge on any atom is 0.322 e. The number of carbonyl (C=O) groups excluding carboxylic acids is 1. The van der Waals surface area contributed by atoms with Crippen LogP contribution in [-0.4, -0.2) is 48.5 Å². The smallest absolute Gasteiger partial charge is 0.322 e. The van der Waals surface area contributed by atoms with Gasteiger partial charge < -0.3 is 20.0 Å². The summed E-state index contributed by atoms with van der Waals surface area (Å²) in [6.07, 6.45) is -0.548. The Morgan fingerprint density at radius 2 is 1.61 bits per heavy atom. The highest BCUT2D eigenvalue weighted by Gasteiger charge is 2.61. The molecule has 1 aliphatic heterocycles. The van der Waals surface area contributed by atoms with Crippen LogP contribution in [0.15, 0.2) is 0 Å². The number of carboxylic acid groups (broad SMARTS) is 2. The number of β-lactam (4-membered cyclic amide) rings is 1. The molecule has 1 saturated heterocycles. The number of nitrogens with one attached hydrogen (secondary N) is 1. The maximum absolute atomic E-state index is 11.9. The number of aliphatic carboxylic acids is 2. The summed E-state index contributed by atoms with van der Waals surface area (Å²) in [4.78, 5) is 34.9. The zero-order valence-electron chi connectivity index (χ0n) is 14.8. The Morgan fingerprint density at radius 1 is 1.17 bits per heavy atom. The van der Waals surface area contributed by atoms with Gasteiger partial charge in [0.1, 0.15) is 0 Å². The molecule has 0 radical (unpaired) electrons. The lowest BCUT2D eigenvalue weighted by Gasteiger charge is -2.48. The van der Waals surface area contributed by atoms with Crippen LogP contribution in [0.1, 0.15) is 34.6 Å². The van der Waals surface area contributed by atoms with Gasteiger partial charge in [-0.3, -0.25) is 14.4 Å². The average molecular weight is 345 g/mol. The molecule has 23 heavy (non-hydrogen) atoms. The van der Waals surface area contributed by atoms with E-state index in [-0.39, 0.29) is 10.9 Å². The molecule has 0 spiro atoms. The molecule has 1 aliphatic rings. The van der Waals surface area contributed by atoms with Crippen molar-refractivity contribution in [2.24, 2.45) is 11.3 Å². The van der Waals surface area contributed by atoms with Crippen LogP contribution in [0.5, 0.6) is 0 Å². The molecular weight excluding hydrogens is 318 g/mol. The summed E-state index contributed by atoms with van der Waals surface area (Å²) in [5.41, 5.74) is -2.08. The highest BCUT2D eigenvalue weighted by molar-refractivity contribution is 6.74. The Balaban J connectivity index is 3.05. The number of carboxylic acids is 2. The molecule has 1 heterocycles. The quantitative estimate of drug-likeness (QED) is 0.383. The first-order chi connectivity index (χ1) is 10.2. The minimum atomic E-state index is -2.16. The minimum Gasteiger partial charge on any atom is -0.480 e. The maximum atomic E-state index is 11.9. The molecule has 1 rings (SSSR count). The van der Waals surface area contributed by atoms with E-state index in [4.69, 9.17) is 4.43 Å². The molecule has 3 unspecified atom stereocenters. The van der Waals surface area contributed by atoms with E-state index in [0.29, 0.717) is 0 Å². The van der Waals surface area contributed by atoms with Crippen LogP contribution < -0.4 is 5.32 Å². The highest BCUT2D eigenvalue weighted by atomic mass is 28.4. The van der Waals surface area contributed by atoms with Gasteiger partial charge in [-0.05, 0) is 32.0 Å². The van der Waals surface area contributed by atoms with Gasteiger partial charge >= 0.3 is 11.9 Å². The lowest BCUT2D eigenvalue weighted by molar-refractivity contribution is -0.173. The van der Waals surface area contributed by atoms with Crippen molar-refractivity contribution in [3.8, 4) is 0 Å². The highest BCUT2D eigenvalue weighted by Crippen LogP contribution is 2.41. The van der Waals surface area contributed by atoms with Crippen LogP contribution >= 0.6 is 0 Å². The Labute approximate surface area is 137 Å². The zero-order chi connectivity index (χ0) is 18.4. The Bertz CT molecular complexity index is 511. The molecule has 0 aromatic heterocycles. The van der Waals surface area contributed by atoms with Gasteiger partial charge in [-0.15, -0.1) is 0 Å². The van der Waals surface area contributed by atoms with Gasteiger partial charge in [0.05, 0.1) is 18.1 Å². The predicted octanol–water partition coefficient (Wildman–Crippen LogP) is 1.69. The van der Waals surface area contributed by atoms with E-state index in [0.717, 1.165) is 6.92 Å². The van der Waals surface area contributed by atoms with Gasteiger partial charge in [-0.2, -0.15) is 0 Å². The number of rotatable bonds is 6. The van der Waals surface area contributed by atoms with Crippen molar-refractivity contribution in [2.75, 3.05) is 0 Å². The molecule has 7 nitrogen and oxygen atoms in total. The van der Waals surface area contributed by atoms with Crippen molar-refractivity contribution in [2.45, 2.75) is 64.9 Å². The molecule has 0 aromatic carbocycles. The van der Waals surface area contributed by atoms with E-state index in [1.54, 1.807) is 6.92 Å². The third kappa shape index (κ3) is 3.28. The van der Waals surface area contributed by atoms with Crippen molar-refractivity contribution in [1.82, 2.24) is 5.32 Å². The standard InChI is InChI=1S/C15H27NO6Si/c1-8(22-23(6,7)14(2,3)4)9-10(16-11(9)17)15(5,12(18)19)13(20)21/h8-10H,1-7H3,(H,16,17)(H,18,19)(H,20,21). The molecule has 0 bridgehead atoms. The second kappa shape index (κ2) is 5.90. The summed E-state index contributed by atoms with van der Waals surface area (Å²) in [7, 11) is -2.16. The molecule has 3 atom stereocenters. The molecule has 1 amide bonds. The number of hydrogen-bond acceptors (Lipinski definition) is 4. The predicted molar refractivity (Wildman–Crippen MR) is 86.5 cm³/mol. The van der Waals surface area contributed by atoms with Crippen molar-refractivity contribution < 1.29 is 29.0 Å². The zero-order valence-corrected chi connectivity index (χ0v) is 15.8. The molecule has 0 saturated carbocycles. The monoisotopic (exact) mass is 345 g/mol. The number of carbonyl (C=O) groups is 3. The van der Waals surface area contributed by atoms with Gasteiger partial charge in [-0.1, -0.05) is 20.8 Å². The van der Waals surface area contributed by atoms with Gasteiger partial charge in [0, 0.05) is 0 Å². The Hall–Kier alpha value is -1.41. The van der Waals surface area contributed by atoms with Crippen LogP contribution in [0.4, 0.5) is 0 Å². The number of amides is 1. The lowest BCUT2D eigenvalue weighted by atomic mass is 9.69. The van der Waals surface area contributed by atoms with Gasteiger partial charge in [0.25, 0.3) is 0 Å². The first kappa shape index (κ1) is 19.6. The molecule has 3 N–H and O–H groups in total. The summed E-state index contributed by atoms with van der Waals surface area (Å²) < 4.78 is 6.15. The number of hydrogen-bond donors (Lipinski definition) is 3. The summed E-state index contributed by atoms with van der Waals surface area (Å²) >= 11 is 0. The van der Waals surface area contributed by atoms with Crippen molar-refractivity contribution >= 4 is 26.2 Å². The van der Waals surface area contributed by atoms with Crippen molar-refractivity contribution in [3.05, 3.63) is 0 Å². The largest absolute Gasteiger partial charge is 0.480 e. The topological polar surface area (TPSA) is 113 Å². The van der Waals surface area contributed by atoms with Crippen LogP contribution in [0.2, 0.25) is 18.1 Å². The van der Waals surface area contributed by atoms with E-state index in [2.05, 4.69) is 26.1 Å². The Morgan fingerprint density at radius 3 is 1.91 bits per heavy atom. The van der Waals surface area contributed by atoms with Crippen molar-refractivity contribution in [1.29, 1.82) is 0 Å². The van der Waals surface area contributed by atoms with Crippen LogP contribution in [0.25, 0.3) is 0 Å². The summed E-state index contributed by atoms with van der Waals surface area (Å²) in [5.74, 6) is -4.10. The van der Waals surface area contributed by atoms with E-state index in [9.17, 15) is 24.6 Å². The molecule has 132 valence electrons. The summed E-state index contributed by atoms with van der Waals surface area (Å²) in [6, 6.07) is -0.996. The average Bonchev–Trinajstić information content (AvgIpc) is 2.31. The molecule has 1 fully saturated rings. The molecule has 8 heteroatoms. The summed E-state index contributed by atoms with van der Waals surface area (Å²) in [6.45, 7) is 13.1. The third-order valence-corrected chi connectivity index (χ3v) is 9.84. The molecular formula is C15H27NO6Si. The SMILES string of the molecule is CC(O[Si](C)(C)C(C)(C)C)C1C(=O)NC1C(C)(C(=O)O)C(=O)O. The van der Waals surface area contributed by atoms with E-state index >= 15 is 0 Å². The second-order valence-electron chi connectivity index (χ2n) is 7.91. The first-order valence-electron chi connectivity index (χ1n) is 7.61. The summed E-state index contributed by atoms with van der Waals surface area (Å²) in [5, 5.41) is 21.0. The van der Waals surface area contributed by atoms with Gasteiger partial charge in [0.15, 0.2) is 13.7 Å². The third-order valence-electron chi connectivity index (χ3n) is 5.26. The Kier molecular flexibility index (Phi) is 5.04. The first-order valence-corrected chi connectivity index (χ1v) is 10.5. The van der Waals surface area contributed by atoms with Crippen LogP contribution in [-0.2, 0) is 18.8 Å². The minimum absolute atomic E-state index is 0.0696. The molecule has 0 aromatic rings. The second-order valence-corrected chi connectivity index (χ2v) is 12.7. The normalized spacial score (nSPS) is 23.7. The van der Waals surface area contributed by atoms with Gasteiger partial charge in [-0.25, -0.2) is 0 Å². The van der Waals surface area contributed by atoms with E-state index < -0.39 is 43.7 Å². The fourth-order valence-corrected chi connectivity index (χ4v) is 3.88. The van der Waals surface area contributed by atoms with Crippen molar-refractivity contribution in [3.63, 3.8) is 0 Å². The van der Waals surface area contributed by atoms with Crippen LogP contribution in [0, 0.1) is 11.3 Å². The lowest BCUT2D eigenvalue weighted by Crippen LogP contribution is -2.72. The van der Waals surface area contributed by atoms with E-state index in [1.165, 1.54) is 0 Å². The fourth-order valence-electron chi connectivity index (χ4n) is 2.45. The van der Waals surface area contributed by atoms with Crippen LogP contribution in [0.3, 0.4) is 0 Å². The molecule has 0 aliphatic carbocycles. The van der Waals surface area contributed by atoms with Gasteiger partial charge in [0.2, 0.25) is 5.91 Å². The fraction of sp³-hybridized carbons (Fsp3) is 0.800.